The highest BCUT2D eigenvalue weighted by Gasteiger charge is 2.25. The average Bonchev–Trinajstić information content (AvgIpc) is 3.16. The Labute approximate surface area is 171 Å². The number of fused-ring (bicyclic) bond motifs is 3. The second-order valence-corrected chi connectivity index (χ2v) is 7.74. The number of aryl methyl sites for hydroxylation is 1. The Hall–Kier alpha value is -3.33. The van der Waals surface area contributed by atoms with E-state index in [-0.39, 0.29) is 5.91 Å². The molecule has 1 aliphatic rings. The highest BCUT2D eigenvalue weighted by atomic mass is 16.2. The maximum atomic E-state index is 13.1. The summed E-state index contributed by atoms with van der Waals surface area (Å²) in [6.45, 7) is 3.53. The standard InChI is InChI=1S/C26H24N2O/c1-2-18-8-10-20(11-9-18)26(29)28-15-14-25-23(17-28)22-16-21(12-13-24(22)27-25)19-6-4-3-5-7-19/h3-13,16,27H,2,14-15,17H2,1H3. The Morgan fingerprint density at radius 3 is 2.52 bits per heavy atom. The monoisotopic (exact) mass is 380 g/mol. The van der Waals surface area contributed by atoms with Crippen molar-refractivity contribution in [3.63, 3.8) is 0 Å². The van der Waals surface area contributed by atoms with Gasteiger partial charge in [0, 0.05) is 47.2 Å². The van der Waals surface area contributed by atoms with Crippen molar-refractivity contribution < 1.29 is 4.79 Å². The zero-order valence-corrected chi connectivity index (χ0v) is 16.6. The lowest BCUT2D eigenvalue weighted by Gasteiger charge is -2.27. The second-order valence-electron chi connectivity index (χ2n) is 7.74. The van der Waals surface area contributed by atoms with Gasteiger partial charge in [-0.05, 0) is 47.4 Å². The molecule has 0 spiro atoms. The van der Waals surface area contributed by atoms with Crippen molar-refractivity contribution in [3.05, 3.63) is 95.2 Å². The molecule has 0 radical (unpaired) electrons. The molecule has 0 bridgehead atoms. The van der Waals surface area contributed by atoms with Gasteiger partial charge in [-0.15, -0.1) is 0 Å². The summed E-state index contributed by atoms with van der Waals surface area (Å²) in [5.41, 5.74) is 8.11. The summed E-state index contributed by atoms with van der Waals surface area (Å²) in [4.78, 5) is 18.6. The van der Waals surface area contributed by atoms with E-state index in [0.717, 1.165) is 30.5 Å². The van der Waals surface area contributed by atoms with E-state index in [1.165, 1.54) is 33.3 Å². The largest absolute Gasteiger partial charge is 0.358 e. The van der Waals surface area contributed by atoms with Crippen LogP contribution in [0.1, 0.15) is 34.1 Å². The van der Waals surface area contributed by atoms with E-state index in [1.807, 2.05) is 23.1 Å². The third kappa shape index (κ3) is 3.23. The lowest BCUT2D eigenvalue weighted by molar-refractivity contribution is 0.0735. The van der Waals surface area contributed by atoms with Gasteiger partial charge in [-0.2, -0.15) is 0 Å². The maximum Gasteiger partial charge on any atom is 0.254 e. The summed E-state index contributed by atoms with van der Waals surface area (Å²) >= 11 is 0. The summed E-state index contributed by atoms with van der Waals surface area (Å²) in [7, 11) is 0. The number of nitrogens with zero attached hydrogens (tertiary/aromatic N) is 1. The third-order valence-corrected chi connectivity index (χ3v) is 5.98. The van der Waals surface area contributed by atoms with Crippen molar-refractivity contribution in [2.45, 2.75) is 26.3 Å². The van der Waals surface area contributed by atoms with Crippen molar-refractivity contribution in [3.8, 4) is 11.1 Å². The first-order valence-corrected chi connectivity index (χ1v) is 10.3. The van der Waals surface area contributed by atoms with Crippen LogP contribution in [0.3, 0.4) is 0 Å². The van der Waals surface area contributed by atoms with Gasteiger partial charge < -0.3 is 9.88 Å². The van der Waals surface area contributed by atoms with Crippen LogP contribution in [-0.4, -0.2) is 22.3 Å². The van der Waals surface area contributed by atoms with Crippen LogP contribution in [0.5, 0.6) is 0 Å². The number of hydrogen-bond donors (Lipinski definition) is 1. The predicted octanol–water partition coefficient (Wildman–Crippen LogP) is 5.60. The molecule has 144 valence electrons. The molecule has 3 aromatic carbocycles. The fourth-order valence-electron chi connectivity index (χ4n) is 4.26. The molecule has 0 saturated carbocycles. The number of aromatic nitrogens is 1. The molecule has 1 aromatic heterocycles. The van der Waals surface area contributed by atoms with Crippen molar-refractivity contribution in [1.82, 2.24) is 9.88 Å². The highest BCUT2D eigenvalue weighted by Crippen LogP contribution is 2.32. The van der Waals surface area contributed by atoms with Gasteiger partial charge in [0.25, 0.3) is 5.91 Å². The Kier molecular flexibility index (Phi) is 4.44. The number of hydrogen-bond acceptors (Lipinski definition) is 1. The summed E-state index contributed by atoms with van der Waals surface area (Å²) in [6, 6.07) is 25.0. The first-order chi connectivity index (χ1) is 14.2. The molecule has 3 nitrogen and oxygen atoms in total. The molecule has 0 atom stereocenters. The molecule has 0 saturated heterocycles. The number of benzene rings is 3. The summed E-state index contributed by atoms with van der Waals surface area (Å²) < 4.78 is 0. The fraction of sp³-hybridized carbons (Fsp3) is 0.192. The smallest absolute Gasteiger partial charge is 0.254 e. The third-order valence-electron chi connectivity index (χ3n) is 5.98. The van der Waals surface area contributed by atoms with Crippen LogP contribution >= 0.6 is 0 Å². The number of carbonyl (C=O) groups excluding carboxylic acids is 1. The lowest BCUT2D eigenvalue weighted by atomic mass is 9.99. The van der Waals surface area contributed by atoms with Crippen LogP contribution in [-0.2, 0) is 19.4 Å². The predicted molar refractivity (Wildman–Crippen MR) is 118 cm³/mol. The van der Waals surface area contributed by atoms with Gasteiger partial charge in [0.2, 0.25) is 0 Å². The van der Waals surface area contributed by atoms with E-state index >= 15 is 0 Å². The number of H-pyrrole nitrogens is 1. The number of nitrogens with one attached hydrogen (secondary N) is 1. The Morgan fingerprint density at radius 1 is 0.966 bits per heavy atom. The van der Waals surface area contributed by atoms with Gasteiger partial charge in [0.05, 0.1) is 0 Å². The number of aromatic amines is 1. The number of carbonyl (C=O) groups is 1. The molecule has 2 heterocycles. The van der Waals surface area contributed by atoms with Crippen LogP contribution in [0.25, 0.3) is 22.0 Å². The first kappa shape index (κ1) is 17.7. The van der Waals surface area contributed by atoms with E-state index in [1.54, 1.807) is 0 Å². The van der Waals surface area contributed by atoms with Gasteiger partial charge in [-0.1, -0.05) is 55.5 Å². The van der Waals surface area contributed by atoms with Crippen LogP contribution < -0.4 is 0 Å². The SMILES string of the molecule is CCc1ccc(C(=O)N2CCc3[nH]c4ccc(-c5ccccc5)cc4c3C2)cc1. The van der Waals surface area contributed by atoms with E-state index in [0.29, 0.717) is 6.54 Å². The number of rotatable bonds is 3. The van der Waals surface area contributed by atoms with Crippen molar-refractivity contribution in [2.75, 3.05) is 6.54 Å². The Morgan fingerprint density at radius 2 is 1.76 bits per heavy atom. The van der Waals surface area contributed by atoms with Gasteiger partial charge >= 0.3 is 0 Å². The van der Waals surface area contributed by atoms with Crippen LogP contribution in [0.15, 0.2) is 72.8 Å². The Bertz CT molecular complexity index is 1170. The van der Waals surface area contributed by atoms with E-state index in [4.69, 9.17) is 0 Å². The topological polar surface area (TPSA) is 36.1 Å². The minimum atomic E-state index is 0.117. The van der Waals surface area contributed by atoms with E-state index in [2.05, 4.69) is 66.5 Å². The van der Waals surface area contributed by atoms with Crippen molar-refractivity contribution in [2.24, 2.45) is 0 Å². The zero-order chi connectivity index (χ0) is 19.8. The molecule has 0 unspecified atom stereocenters. The number of amides is 1. The Balaban J connectivity index is 1.47. The normalized spacial score (nSPS) is 13.5. The lowest BCUT2D eigenvalue weighted by Crippen LogP contribution is -2.35. The maximum absolute atomic E-state index is 13.1. The molecule has 1 aliphatic heterocycles. The molecule has 29 heavy (non-hydrogen) atoms. The molecular formula is C26H24N2O. The van der Waals surface area contributed by atoms with E-state index in [9.17, 15) is 4.79 Å². The van der Waals surface area contributed by atoms with Gasteiger partial charge in [0.15, 0.2) is 0 Å². The molecule has 1 amide bonds. The minimum Gasteiger partial charge on any atom is -0.358 e. The fourth-order valence-corrected chi connectivity index (χ4v) is 4.26. The van der Waals surface area contributed by atoms with Gasteiger partial charge in [0.1, 0.15) is 0 Å². The van der Waals surface area contributed by atoms with Crippen molar-refractivity contribution >= 4 is 16.8 Å². The second kappa shape index (κ2) is 7.25. The summed E-state index contributed by atoms with van der Waals surface area (Å²) in [6.07, 6.45) is 1.85. The molecular weight excluding hydrogens is 356 g/mol. The van der Waals surface area contributed by atoms with E-state index < -0.39 is 0 Å². The van der Waals surface area contributed by atoms with Crippen LogP contribution in [0, 0.1) is 0 Å². The molecule has 0 aliphatic carbocycles. The molecule has 1 N–H and O–H groups in total. The van der Waals surface area contributed by atoms with Gasteiger partial charge in [-0.25, -0.2) is 0 Å². The summed E-state index contributed by atoms with van der Waals surface area (Å²) in [5, 5.41) is 1.22. The summed E-state index contributed by atoms with van der Waals surface area (Å²) in [5.74, 6) is 0.117. The molecule has 0 fully saturated rings. The zero-order valence-electron chi connectivity index (χ0n) is 16.6. The first-order valence-electron chi connectivity index (χ1n) is 10.3. The van der Waals surface area contributed by atoms with Crippen LogP contribution in [0.2, 0.25) is 0 Å². The highest BCUT2D eigenvalue weighted by molar-refractivity contribution is 5.95. The minimum absolute atomic E-state index is 0.117. The van der Waals surface area contributed by atoms with Gasteiger partial charge in [-0.3, -0.25) is 4.79 Å². The van der Waals surface area contributed by atoms with Crippen molar-refractivity contribution in [1.29, 1.82) is 0 Å². The quantitative estimate of drug-likeness (QED) is 0.494. The molecule has 4 aromatic rings. The average molecular weight is 380 g/mol. The molecule has 3 heteroatoms. The molecule has 5 rings (SSSR count). The van der Waals surface area contributed by atoms with Crippen LogP contribution in [0.4, 0.5) is 0 Å².